The van der Waals surface area contributed by atoms with Gasteiger partial charge in [0, 0.05) is 31.6 Å². The van der Waals surface area contributed by atoms with Crippen molar-refractivity contribution in [1.82, 2.24) is 20.2 Å². The Morgan fingerprint density at radius 3 is 2.88 bits per heavy atom. The average Bonchev–Trinajstić information content (AvgIpc) is 2.73. The van der Waals surface area contributed by atoms with Gasteiger partial charge in [0.05, 0.1) is 11.7 Å². The minimum Gasteiger partial charge on any atom is -0.276 e. The van der Waals surface area contributed by atoms with Crippen molar-refractivity contribution in [3.05, 3.63) is 47.5 Å². The average molecular weight is 231 g/mol. The number of nitrogens with zero attached hydrogens (tertiary/aromatic N) is 3. The molecule has 0 fully saturated rings. The molecule has 90 valence electrons. The topological polar surface area (TPSA) is 68.8 Å². The normalized spacial score (nSPS) is 12.6. The van der Waals surface area contributed by atoms with Crippen LogP contribution in [0.3, 0.4) is 0 Å². The van der Waals surface area contributed by atoms with Gasteiger partial charge in [-0.3, -0.25) is 20.9 Å². The van der Waals surface area contributed by atoms with Gasteiger partial charge in [-0.1, -0.05) is 6.07 Å². The first-order chi connectivity index (χ1) is 8.20. The summed E-state index contributed by atoms with van der Waals surface area (Å²) in [6, 6.07) is 6.00. The molecule has 5 nitrogen and oxygen atoms in total. The Bertz CT molecular complexity index is 491. The first-order valence-electron chi connectivity index (χ1n) is 5.57. The Morgan fingerprint density at radius 2 is 2.29 bits per heavy atom. The molecule has 0 saturated heterocycles. The molecular weight excluding hydrogens is 214 g/mol. The zero-order valence-corrected chi connectivity index (χ0v) is 10.1. The molecule has 0 aromatic carbocycles. The Morgan fingerprint density at radius 1 is 1.47 bits per heavy atom. The standard InChI is InChI=1S/C12H17N5/c1-9-11(4-3-6-14-9)12(15-13)8-10-5-7-17(2)16-10/h3-7,12,15H,8,13H2,1-2H3. The van der Waals surface area contributed by atoms with E-state index in [0.717, 1.165) is 23.4 Å². The molecule has 17 heavy (non-hydrogen) atoms. The molecule has 0 aliphatic carbocycles. The number of pyridine rings is 1. The fraction of sp³-hybridized carbons (Fsp3) is 0.333. The van der Waals surface area contributed by atoms with E-state index in [9.17, 15) is 0 Å². The molecule has 0 spiro atoms. The summed E-state index contributed by atoms with van der Waals surface area (Å²) in [4.78, 5) is 4.27. The van der Waals surface area contributed by atoms with Gasteiger partial charge in [0.2, 0.25) is 0 Å². The molecule has 0 radical (unpaired) electrons. The van der Waals surface area contributed by atoms with Crippen molar-refractivity contribution in [1.29, 1.82) is 0 Å². The smallest absolute Gasteiger partial charge is 0.0643 e. The highest BCUT2D eigenvalue weighted by molar-refractivity contribution is 5.23. The molecule has 0 saturated carbocycles. The van der Waals surface area contributed by atoms with Gasteiger partial charge in [0.25, 0.3) is 0 Å². The molecule has 5 heteroatoms. The van der Waals surface area contributed by atoms with Crippen LogP contribution in [0.15, 0.2) is 30.6 Å². The summed E-state index contributed by atoms with van der Waals surface area (Å²) in [5, 5.41) is 4.35. The van der Waals surface area contributed by atoms with Crippen LogP contribution in [0, 0.1) is 6.92 Å². The molecule has 2 aromatic rings. The maximum Gasteiger partial charge on any atom is 0.0643 e. The first-order valence-corrected chi connectivity index (χ1v) is 5.57. The van der Waals surface area contributed by atoms with Crippen molar-refractivity contribution in [2.75, 3.05) is 0 Å². The quantitative estimate of drug-likeness (QED) is 0.605. The van der Waals surface area contributed by atoms with Crippen LogP contribution in [0.4, 0.5) is 0 Å². The van der Waals surface area contributed by atoms with Crippen molar-refractivity contribution in [2.45, 2.75) is 19.4 Å². The highest BCUT2D eigenvalue weighted by Gasteiger charge is 2.14. The lowest BCUT2D eigenvalue weighted by Crippen LogP contribution is -2.30. The maximum absolute atomic E-state index is 5.62. The highest BCUT2D eigenvalue weighted by Crippen LogP contribution is 2.18. The predicted octanol–water partition coefficient (Wildman–Crippen LogP) is 0.871. The number of nitrogens with one attached hydrogen (secondary N) is 1. The summed E-state index contributed by atoms with van der Waals surface area (Å²) in [7, 11) is 1.91. The predicted molar refractivity (Wildman–Crippen MR) is 66.0 cm³/mol. The van der Waals surface area contributed by atoms with Crippen LogP contribution in [0.5, 0.6) is 0 Å². The molecular formula is C12H17N5. The van der Waals surface area contributed by atoms with Crippen LogP contribution < -0.4 is 11.3 Å². The van der Waals surface area contributed by atoms with E-state index in [1.807, 2.05) is 38.4 Å². The second-order valence-electron chi connectivity index (χ2n) is 4.08. The summed E-state index contributed by atoms with van der Waals surface area (Å²) in [5.41, 5.74) is 5.94. The first kappa shape index (κ1) is 11.8. The van der Waals surface area contributed by atoms with Crippen LogP contribution >= 0.6 is 0 Å². The zero-order valence-electron chi connectivity index (χ0n) is 10.1. The molecule has 0 aliphatic heterocycles. The summed E-state index contributed by atoms with van der Waals surface area (Å²) >= 11 is 0. The number of nitrogens with two attached hydrogens (primary N) is 1. The van der Waals surface area contributed by atoms with E-state index in [4.69, 9.17) is 5.84 Å². The monoisotopic (exact) mass is 231 g/mol. The fourth-order valence-corrected chi connectivity index (χ4v) is 1.90. The maximum atomic E-state index is 5.62. The van der Waals surface area contributed by atoms with E-state index in [1.165, 1.54) is 0 Å². The van der Waals surface area contributed by atoms with E-state index in [-0.39, 0.29) is 6.04 Å². The highest BCUT2D eigenvalue weighted by atomic mass is 15.3. The third-order valence-electron chi connectivity index (χ3n) is 2.81. The van der Waals surface area contributed by atoms with Gasteiger partial charge in [-0.25, -0.2) is 0 Å². The van der Waals surface area contributed by atoms with Crippen LogP contribution in [-0.2, 0) is 13.5 Å². The Balaban J connectivity index is 2.20. The van der Waals surface area contributed by atoms with E-state index in [1.54, 1.807) is 10.9 Å². The lowest BCUT2D eigenvalue weighted by Gasteiger charge is -2.16. The van der Waals surface area contributed by atoms with Gasteiger partial charge < -0.3 is 0 Å². The lowest BCUT2D eigenvalue weighted by atomic mass is 10.0. The molecule has 0 amide bonds. The minimum absolute atomic E-state index is 0.0404. The van der Waals surface area contributed by atoms with Gasteiger partial charge in [-0.05, 0) is 24.6 Å². The van der Waals surface area contributed by atoms with Gasteiger partial charge in [-0.2, -0.15) is 5.10 Å². The van der Waals surface area contributed by atoms with Crippen LogP contribution in [0.1, 0.15) is 23.0 Å². The molecule has 3 N–H and O–H groups in total. The summed E-state index contributed by atoms with van der Waals surface area (Å²) < 4.78 is 1.79. The molecule has 1 atom stereocenters. The third-order valence-corrected chi connectivity index (χ3v) is 2.81. The molecule has 0 aliphatic rings. The summed E-state index contributed by atoms with van der Waals surface area (Å²) in [5.74, 6) is 5.62. The van der Waals surface area contributed by atoms with Gasteiger partial charge in [0.1, 0.15) is 0 Å². The van der Waals surface area contributed by atoms with Gasteiger partial charge in [0.15, 0.2) is 0 Å². The Labute approximate surface area is 101 Å². The number of hydrogen-bond donors (Lipinski definition) is 2. The second kappa shape index (κ2) is 5.07. The van der Waals surface area contributed by atoms with Crippen LogP contribution in [0.25, 0.3) is 0 Å². The van der Waals surface area contributed by atoms with Crippen molar-refractivity contribution < 1.29 is 0 Å². The van der Waals surface area contributed by atoms with E-state index in [0.29, 0.717) is 0 Å². The number of rotatable bonds is 4. The van der Waals surface area contributed by atoms with Crippen LogP contribution in [0.2, 0.25) is 0 Å². The molecule has 2 rings (SSSR count). The number of aromatic nitrogens is 3. The number of aryl methyl sites for hydroxylation is 2. The lowest BCUT2D eigenvalue weighted by molar-refractivity contribution is 0.537. The zero-order chi connectivity index (χ0) is 12.3. The molecule has 2 heterocycles. The summed E-state index contributed by atoms with van der Waals surface area (Å²) in [6.07, 6.45) is 4.47. The van der Waals surface area contributed by atoms with Crippen molar-refractivity contribution in [3.8, 4) is 0 Å². The van der Waals surface area contributed by atoms with E-state index in [2.05, 4.69) is 15.5 Å². The summed E-state index contributed by atoms with van der Waals surface area (Å²) in [6.45, 7) is 1.98. The molecule has 0 bridgehead atoms. The second-order valence-corrected chi connectivity index (χ2v) is 4.08. The Hall–Kier alpha value is -1.72. The van der Waals surface area contributed by atoms with Crippen molar-refractivity contribution >= 4 is 0 Å². The van der Waals surface area contributed by atoms with E-state index < -0.39 is 0 Å². The molecule has 1 unspecified atom stereocenters. The van der Waals surface area contributed by atoms with Crippen molar-refractivity contribution in [2.24, 2.45) is 12.9 Å². The molecule has 2 aromatic heterocycles. The van der Waals surface area contributed by atoms with Crippen LogP contribution in [-0.4, -0.2) is 14.8 Å². The number of hydrazine groups is 1. The van der Waals surface area contributed by atoms with Crippen molar-refractivity contribution in [3.63, 3.8) is 0 Å². The minimum atomic E-state index is 0.0404. The largest absolute Gasteiger partial charge is 0.276 e. The SMILES string of the molecule is Cc1ncccc1C(Cc1ccn(C)n1)NN. The Kier molecular flexibility index (Phi) is 3.51. The number of hydrogen-bond acceptors (Lipinski definition) is 4. The van der Waals surface area contributed by atoms with E-state index >= 15 is 0 Å². The third kappa shape index (κ3) is 2.69. The van der Waals surface area contributed by atoms with Gasteiger partial charge in [-0.15, -0.1) is 0 Å². The fourth-order valence-electron chi connectivity index (χ4n) is 1.90. The van der Waals surface area contributed by atoms with Gasteiger partial charge >= 0.3 is 0 Å².